The Labute approximate surface area is 117 Å². The third-order valence-corrected chi connectivity index (χ3v) is 3.46. The zero-order chi connectivity index (χ0) is 14.4. The predicted molar refractivity (Wildman–Crippen MR) is 76.8 cm³/mol. The fraction of sp³-hybridized carbons (Fsp3) is 0.188. The zero-order valence-corrected chi connectivity index (χ0v) is 11.0. The van der Waals surface area contributed by atoms with Crippen molar-refractivity contribution < 1.29 is 15.0 Å². The minimum atomic E-state index is -1.10. The van der Waals surface area contributed by atoms with Crippen LogP contribution in [0.3, 0.4) is 0 Å². The second-order valence-corrected chi connectivity index (χ2v) is 4.63. The molecule has 2 aromatic rings. The van der Waals surface area contributed by atoms with Crippen LogP contribution >= 0.6 is 0 Å². The van der Waals surface area contributed by atoms with Crippen molar-refractivity contribution in [1.29, 1.82) is 0 Å². The van der Waals surface area contributed by atoms with Gasteiger partial charge in [0.05, 0.1) is 12.0 Å². The Morgan fingerprint density at radius 1 is 0.950 bits per heavy atom. The molecule has 0 unspecified atom stereocenters. The first kappa shape index (κ1) is 14.1. The summed E-state index contributed by atoms with van der Waals surface area (Å²) in [6, 6.07) is 18.9. The summed E-state index contributed by atoms with van der Waals surface area (Å²) in [5.74, 6) is 0. The van der Waals surface area contributed by atoms with Gasteiger partial charge in [-0.3, -0.25) is 0 Å². The van der Waals surface area contributed by atoms with Crippen molar-refractivity contribution in [3.05, 3.63) is 71.8 Å². The van der Waals surface area contributed by atoms with Gasteiger partial charge in [0, 0.05) is 6.54 Å². The standard InChI is InChI=1S/C16H17NO3/c18-12-16(11-17-15(19)20,13-7-3-1-4-8-13)14-9-5-2-6-10-14/h1-10,17-18H,11-12H2,(H,19,20). The predicted octanol–water partition coefficient (Wildman–Crippen LogP) is 2.23. The molecule has 1 amide bonds. The van der Waals surface area contributed by atoms with Crippen LogP contribution in [0, 0.1) is 0 Å². The van der Waals surface area contributed by atoms with E-state index in [2.05, 4.69) is 5.32 Å². The lowest BCUT2D eigenvalue weighted by atomic mass is 9.75. The maximum absolute atomic E-state index is 10.8. The summed E-state index contributed by atoms with van der Waals surface area (Å²) in [5.41, 5.74) is 0.978. The number of hydrogen-bond acceptors (Lipinski definition) is 2. The lowest BCUT2D eigenvalue weighted by Gasteiger charge is -2.33. The molecule has 20 heavy (non-hydrogen) atoms. The number of hydrogen-bond donors (Lipinski definition) is 3. The van der Waals surface area contributed by atoms with Gasteiger partial charge in [-0.05, 0) is 11.1 Å². The second kappa shape index (κ2) is 6.21. The van der Waals surface area contributed by atoms with Crippen molar-refractivity contribution >= 4 is 6.09 Å². The van der Waals surface area contributed by atoms with E-state index in [1.54, 1.807) is 0 Å². The average molecular weight is 271 g/mol. The van der Waals surface area contributed by atoms with Crippen molar-refractivity contribution in [2.75, 3.05) is 13.2 Å². The Balaban J connectivity index is 2.49. The molecule has 0 aliphatic carbocycles. The van der Waals surface area contributed by atoms with E-state index >= 15 is 0 Å². The fourth-order valence-electron chi connectivity index (χ4n) is 2.35. The van der Waals surface area contributed by atoms with E-state index in [0.29, 0.717) is 0 Å². The highest BCUT2D eigenvalue weighted by Gasteiger charge is 2.34. The zero-order valence-electron chi connectivity index (χ0n) is 11.0. The second-order valence-electron chi connectivity index (χ2n) is 4.63. The van der Waals surface area contributed by atoms with Gasteiger partial charge in [0.15, 0.2) is 0 Å². The molecule has 0 saturated heterocycles. The third-order valence-electron chi connectivity index (χ3n) is 3.46. The van der Waals surface area contributed by atoms with Gasteiger partial charge in [-0.25, -0.2) is 4.79 Å². The quantitative estimate of drug-likeness (QED) is 0.781. The highest BCUT2D eigenvalue weighted by molar-refractivity contribution is 5.65. The number of aliphatic hydroxyl groups is 1. The molecule has 0 spiro atoms. The number of amides is 1. The first-order chi connectivity index (χ1) is 9.69. The fourth-order valence-corrected chi connectivity index (χ4v) is 2.35. The smallest absolute Gasteiger partial charge is 0.404 e. The average Bonchev–Trinajstić information content (AvgIpc) is 2.50. The molecular formula is C16H17NO3. The number of rotatable bonds is 5. The molecule has 0 aromatic heterocycles. The summed E-state index contributed by atoms with van der Waals surface area (Å²) in [7, 11) is 0. The highest BCUT2D eigenvalue weighted by atomic mass is 16.4. The Bertz CT molecular complexity index is 515. The number of aliphatic hydroxyl groups excluding tert-OH is 1. The Kier molecular flexibility index (Phi) is 4.38. The van der Waals surface area contributed by atoms with Crippen LogP contribution in [0.15, 0.2) is 60.7 Å². The molecule has 0 aliphatic rings. The number of benzene rings is 2. The lowest BCUT2D eigenvalue weighted by molar-refractivity contribution is 0.182. The first-order valence-electron chi connectivity index (χ1n) is 6.38. The summed E-state index contributed by atoms with van der Waals surface area (Å²) >= 11 is 0. The summed E-state index contributed by atoms with van der Waals surface area (Å²) in [6.07, 6.45) is -1.10. The number of carboxylic acid groups (broad SMARTS) is 1. The molecule has 2 rings (SSSR count). The topological polar surface area (TPSA) is 69.6 Å². The van der Waals surface area contributed by atoms with Crippen molar-refractivity contribution in [2.45, 2.75) is 5.41 Å². The lowest BCUT2D eigenvalue weighted by Crippen LogP contribution is -2.44. The summed E-state index contributed by atoms with van der Waals surface area (Å²) < 4.78 is 0. The minimum absolute atomic E-state index is 0.118. The number of carbonyl (C=O) groups is 1. The van der Waals surface area contributed by atoms with E-state index in [0.717, 1.165) is 11.1 Å². The molecule has 4 heteroatoms. The first-order valence-corrected chi connectivity index (χ1v) is 6.38. The molecule has 0 atom stereocenters. The van der Waals surface area contributed by atoms with Gasteiger partial charge in [0.1, 0.15) is 0 Å². The summed E-state index contributed by atoms with van der Waals surface area (Å²) in [5, 5.41) is 21.2. The Hall–Kier alpha value is -2.33. The van der Waals surface area contributed by atoms with Crippen LogP contribution in [0.4, 0.5) is 4.79 Å². The van der Waals surface area contributed by atoms with Crippen LogP contribution in [-0.4, -0.2) is 29.5 Å². The van der Waals surface area contributed by atoms with Crippen molar-refractivity contribution in [3.63, 3.8) is 0 Å². The van der Waals surface area contributed by atoms with E-state index in [1.165, 1.54) is 0 Å². The molecular weight excluding hydrogens is 254 g/mol. The summed E-state index contributed by atoms with van der Waals surface area (Å²) in [6.45, 7) is -0.0613. The van der Waals surface area contributed by atoms with Crippen LogP contribution in [0.5, 0.6) is 0 Å². The molecule has 2 aromatic carbocycles. The van der Waals surface area contributed by atoms with Crippen LogP contribution in [-0.2, 0) is 5.41 Å². The molecule has 0 radical (unpaired) electrons. The maximum atomic E-state index is 10.8. The summed E-state index contributed by atoms with van der Waals surface area (Å²) in [4.78, 5) is 10.8. The Morgan fingerprint density at radius 3 is 1.75 bits per heavy atom. The van der Waals surface area contributed by atoms with Crippen LogP contribution < -0.4 is 5.32 Å². The van der Waals surface area contributed by atoms with Crippen molar-refractivity contribution in [2.24, 2.45) is 0 Å². The highest BCUT2D eigenvalue weighted by Crippen LogP contribution is 2.31. The van der Waals surface area contributed by atoms with E-state index in [1.807, 2.05) is 60.7 Å². The monoisotopic (exact) mass is 271 g/mol. The van der Waals surface area contributed by atoms with E-state index in [4.69, 9.17) is 5.11 Å². The SMILES string of the molecule is O=C(O)NCC(CO)(c1ccccc1)c1ccccc1. The van der Waals surface area contributed by atoms with Gasteiger partial charge in [-0.15, -0.1) is 0 Å². The van der Waals surface area contributed by atoms with E-state index in [-0.39, 0.29) is 13.2 Å². The largest absolute Gasteiger partial charge is 0.465 e. The van der Waals surface area contributed by atoms with Gasteiger partial charge in [0.25, 0.3) is 0 Å². The van der Waals surface area contributed by atoms with Gasteiger partial charge < -0.3 is 15.5 Å². The van der Waals surface area contributed by atoms with Crippen molar-refractivity contribution in [3.8, 4) is 0 Å². The van der Waals surface area contributed by atoms with Gasteiger partial charge >= 0.3 is 6.09 Å². The molecule has 0 aliphatic heterocycles. The van der Waals surface area contributed by atoms with E-state index in [9.17, 15) is 9.90 Å². The normalized spacial score (nSPS) is 11.1. The Morgan fingerprint density at radius 2 is 1.40 bits per heavy atom. The molecule has 4 nitrogen and oxygen atoms in total. The third kappa shape index (κ3) is 2.81. The van der Waals surface area contributed by atoms with Crippen LogP contribution in [0.1, 0.15) is 11.1 Å². The van der Waals surface area contributed by atoms with E-state index < -0.39 is 11.5 Å². The molecule has 0 fully saturated rings. The maximum Gasteiger partial charge on any atom is 0.404 e. The van der Waals surface area contributed by atoms with Gasteiger partial charge in [0.2, 0.25) is 0 Å². The van der Waals surface area contributed by atoms with Gasteiger partial charge in [-0.1, -0.05) is 60.7 Å². The molecule has 3 N–H and O–H groups in total. The molecule has 0 bridgehead atoms. The van der Waals surface area contributed by atoms with Crippen LogP contribution in [0.2, 0.25) is 0 Å². The van der Waals surface area contributed by atoms with Crippen molar-refractivity contribution in [1.82, 2.24) is 5.32 Å². The minimum Gasteiger partial charge on any atom is -0.465 e. The van der Waals surface area contributed by atoms with Crippen LogP contribution in [0.25, 0.3) is 0 Å². The molecule has 0 saturated carbocycles. The number of nitrogens with one attached hydrogen (secondary N) is 1. The molecule has 104 valence electrons. The van der Waals surface area contributed by atoms with Gasteiger partial charge in [-0.2, -0.15) is 0 Å². The molecule has 0 heterocycles.